The Morgan fingerprint density at radius 1 is 1.38 bits per heavy atom. The lowest BCUT2D eigenvalue weighted by Gasteiger charge is -2.23. The molecule has 0 N–H and O–H groups in total. The molecule has 0 aliphatic carbocycles. The summed E-state index contributed by atoms with van der Waals surface area (Å²) in [6, 6.07) is 6.14. The van der Waals surface area contributed by atoms with Crippen LogP contribution in [0, 0.1) is 13.2 Å². The molecule has 0 saturated carbocycles. The van der Waals surface area contributed by atoms with Crippen molar-refractivity contribution in [2.45, 2.75) is 25.5 Å². The van der Waals surface area contributed by atoms with Gasteiger partial charge in [0, 0.05) is 16.0 Å². The minimum atomic E-state index is 0.0648. The van der Waals surface area contributed by atoms with E-state index in [1.54, 1.807) is 11.8 Å². The van der Waals surface area contributed by atoms with Crippen molar-refractivity contribution in [1.29, 1.82) is 0 Å². The van der Waals surface area contributed by atoms with Gasteiger partial charge in [0.05, 0.1) is 0 Å². The van der Waals surface area contributed by atoms with Gasteiger partial charge in [-0.15, -0.1) is 0 Å². The summed E-state index contributed by atoms with van der Waals surface area (Å²) in [4.78, 5) is 0. The third kappa shape index (κ3) is 2.41. The van der Waals surface area contributed by atoms with Gasteiger partial charge in [0.1, 0.15) is 0 Å². The monoisotopic (exact) mass is 213 g/mol. The van der Waals surface area contributed by atoms with Crippen LogP contribution in [0.25, 0.3) is 0 Å². The Morgan fingerprint density at radius 3 is 2.46 bits per heavy atom. The molecule has 1 aromatic carbocycles. The first-order chi connectivity index (χ1) is 5.97. The molecule has 71 valence electrons. The zero-order chi connectivity index (χ0) is 10.1. The Kier molecular flexibility index (Phi) is 3.31. The van der Waals surface area contributed by atoms with Crippen molar-refractivity contribution >= 4 is 23.4 Å². The molecular weight excluding hydrogens is 200 g/mol. The van der Waals surface area contributed by atoms with E-state index in [-0.39, 0.29) is 4.75 Å². The zero-order valence-corrected chi connectivity index (χ0v) is 9.80. The van der Waals surface area contributed by atoms with Crippen LogP contribution in [0.1, 0.15) is 25.0 Å². The zero-order valence-electron chi connectivity index (χ0n) is 8.23. The first-order valence-corrected chi connectivity index (χ1v) is 5.53. The number of hydrogen-bond donors (Lipinski definition) is 0. The van der Waals surface area contributed by atoms with Gasteiger partial charge in [0.2, 0.25) is 0 Å². The molecule has 1 rings (SSSR count). The molecule has 0 aliphatic heterocycles. The van der Waals surface area contributed by atoms with Crippen LogP contribution in [-0.2, 0) is 4.75 Å². The highest BCUT2D eigenvalue weighted by Gasteiger charge is 2.18. The molecule has 1 aromatic rings. The van der Waals surface area contributed by atoms with Crippen molar-refractivity contribution in [3.05, 3.63) is 40.6 Å². The largest absolute Gasteiger partial charge is 0.150 e. The fourth-order valence-electron chi connectivity index (χ4n) is 1.10. The van der Waals surface area contributed by atoms with Crippen LogP contribution < -0.4 is 0 Å². The van der Waals surface area contributed by atoms with Gasteiger partial charge >= 0.3 is 0 Å². The summed E-state index contributed by atoms with van der Waals surface area (Å²) in [5.74, 6) is 0. The van der Waals surface area contributed by atoms with Crippen LogP contribution >= 0.6 is 23.4 Å². The molecule has 0 heterocycles. The van der Waals surface area contributed by atoms with E-state index in [9.17, 15) is 0 Å². The van der Waals surface area contributed by atoms with Crippen LogP contribution in [0.15, 0.2) is 18.2 Å². The van der Waals surface area contributed by atoms with Gasteiger partial charge in [0.15, 0.2) is 0 Å². The molecule has 0 aromatic heterocycles. The van der Waals surface area contributed by atoms with Crippen LogP contribution in [-0.4, -0.2) is 0 Å². The average molecular weight is 214 g/mol. The molecule has 13 heavy (non-hydrogen) atoms. The molecule has 0 fully saturated rings. The van der Waals surface area contributed by atoms with Crippen molar-refractivity contribution in [3.63, 3.8) is 0 Å². The van der Waals surface area contributed by atoms with E-state index in [1.807, 2.05) is 13.0 Å². The second-order valence-corrected chi connectivity index (χ2v) is 5.34. The molecule has 0 atom stereocenters. The van der Waals surface area contributed by atoms with E-state index in [4.69, 9.17) is 11.6 Å². The normalized spacial score (nSPS) is 11.8. The number of hydrogen-bond acceptors (Lipinski definition) is 1. The number of benzene rings is 1. The molecule has 1 radical (unpaired) electrons. The summed E-state index contributed by atoms with van der Waals surface area (Å²) in [6.07, 6.45) is 3.87. The molecule has 0 saturated heterocycles. The lowest BCUT2D eigenvalue weighted by molar-refractivity contribution is 0.785. The molecule has 0 nitrogen and oxygen atoms in total. The lowest BCUT2D eigenvalue weighted by atomic mass is 10.0. The number of halogens is 1. The first kappa shape index (κ1) is 10.9. The van der Waals surface area contributed by atoms with Gasteiger partial charge in [0.25, 0.3) is 0 Å². The van der Waals surface area contributed by atoms with Gasteiger partial charge in [-0.2, -0.15) is 11.8 Å². The third-order valence-electron chi connectivity index (χ3n) is 2.21. The van der Waals surface area contributed by atoms with Gasteiger partial charge < -0.3 is 0 Å². The fourth-order valence-corrected chi connectivity index (χ4v) is 1.51. The molecule has 2 heteroatoms. The van der Waals surface area contributed by atoms with Gasteiger partial charge in [-0.3, -0.25) is 0 Å². The van der Waals surface area contributed by atoms with Crippen LogP contribution in [0.3, 0.4) is 0 Å². The van der Waals surface area contributed by atoms with Crippen molar-refractivity contribution in [2.75, 3.05) is 0 Å². The van der Waals surface area contributed by atoms with Crippen molar-refractivity contribution in [3.8, 4) is 0 Å². The summed E-state index contributed by atoms with van der Waals surface area (Å²) >= 11 is 7.55. The summed E-state index contributed by atoms with van der Waals surface area (Å²) in [6.45, 7) is 6.34. The fraction of sp³-hybridized carbons (Fsp3) is 0.364. The van der Waals surface area contributed by atoms with E-state index < -0.39 is 0 Å². The molecular formula is C11H14ClS. The summed E-state index contributed by atoms with van der Waals surface area (Å²) in [5.41, 5.74) is 2.40. The smallest absolute Gasteiger partial charge is 0.0435 e. The second-order valence-electron chi connectivity index (χ2n) is 3.62. The molecule has 0 unspecified atom stereocenters. The SMILES string of the molecule is [CH2]SC(C)(C)c1ccc(Cl)c(C)c1. The van der Waals surface area contributed by atoms with E-state index in [1.165, 1.54) is 5.56 Å². The van der Waals surface area contributed by atoms with E-state index in [2.05, 4.69) is 32.2 Å². The van der Waals surface area contributed by atoms with Crippen molar-refractivity contribution < 1.29 is 0 Å². The predicted octanol–water partition coefficient (Wildman–Crippen LogP) is 4.41. The predicted molar refractivity (Wildman–Crippen MR) is 62.2 cm³/mol. The standard InChI is InChI=1S/C11H14ClS/c1-8-7-9(5-6-10(8)12)11(2,3)13-4/h5-7H,4H2,1-3H3. The van der Waals surface area contributed by atoms with E-state index >= 15 is 0 Å². The highest BCUT2D eigenvalue weighted by Crippen LogP contribution is 2.35. The molecule has 0 spiro atoms. The summed E-state index contributed by atoms with van der Waals surface area (Å²) in [7, 11) is 0. The lowest BCUT2D eigenvalue weighted by Crippen LogP contribution is -2.10. The van der Waals surface area contributed by atoms with Crippen LogP contribution in [0.4, 0.5) is 0 Å². The Bertz CT molecular complexity index is 305. The highest BCUT2D eigenvalue weighted by molar-refractivity contribution is 8.01. The molecule has 0 amide bonds. The highest BCUT2D eigenvalue weighted by atomic mass is 35.5. The number of rotatable bonds is 2. The second kappa shape index (κ2) is 3.93. The minimum Gasteiger partial charge on any atom is -0.150 e. The maximum atomic E-state index is 5.95. The minimum absolute atomic E-state index is 0.0648. The Hall–Kier alpha value is -0.140. The maximum Gasteiger partial charge on any atom is 0.0435 e. The number of thioether (sulfide) groups is 1. The quantitative estimate of drug-likeness (QED) is 0.702. The van der Waals surface area contributed by atoms with Gasteiger partial charge in [-0.1, -0.05) is 23.7 Å². The third-order valence-corrected chi connectivity index (χ3v) is 3.60. The van der Waals surface area contributed by atoms with E-state index in [0.29, 0.717) is 0 Å². The van der Waals surface area contributed by atoms with Gasteiger partial charge in [-0.05, 0) is 38.0 Å². The number of aryl methyl sites for hydroxylation is 1. The van der Waals surface area contributed by atoms with Crippen LogP contribution in [0.2, 0.25) is 5.02 Å². The summed E-state index contributed by atoms with van der Waals surface area (Å²) in [5, 5.41) is 0.827. The topological polar surface area (TPSA) is 0 Å². The molecule has 0 bridgehead atoms. The first-order valence-electron chi connectivity index (χ1n) is 4.17. The van der Waals surface area contributed by atoms with E-state index in [0.717, 1.165) is 10.6 Å². The Labute approximate surface area is 89.7 Å². The van der Waals surface area contributed by atoms with Crippen molar-refractivity contribution in [2.24, 2.45) is 0 Å². The van der Waals surface area contributed by atoms with Crippen molar-refractivity contribution in [1.82, 2.24) is 0 Å². The Morgan fingerprint density at radius 2 is 2.00 bits per heavy atom. The Balaban J connectivity index is 3.10. The summed E-state index contributed by atoms with van der Waals surface area (Å²) < 4.78 is 0.0648. The molecule has 0 aliphatic rings. The maximum absolute atomic E-state index is 5.95. The van der Waals surface area contributed by atoms with Gasteiger partial charge in [-0.25, -0.2) is 0 Å². The van der Waals surface area contributed by atoms with Crippen LogP contribution in [0.5, 0.6) is 0 Å². The average Bonchev–Trinajstić information content (AvgIpc) is 2.09.